The summed E-state index contributed by atoms with van der Waals surface area (Å²) in [6.45, 7) is 0. The molecule has 0 aliphatic rings. The minimum absolute atomic E-state index is 0.161. The zero-order valence-electron chi connectivity index (χ0n) is 12.8. The molecule has 0 atom stereocenters. The Hall–Kier alpha value is -2.38. The van der Waals surface area contributed by atoms with Crippen LogP contribution >= 0.6 is 22.9 Å². The van der Waals surface area contributed by atoms with Gasteiger partial charge in [0.1, 0.15) is 5.75 Å². The monoisotopic (exact) mass is 363 g/mol. The van der Waals surface area contributed by atoms with Gasteiger partial charge in [0.15, 0.2) is 0 Å². The zero-order valence-corrected chi connectivity index (χ0v) is 14.4. The summed E-state index contributed by atoms with van der Waals surface area (Å²) >= 11 is 7.58. The lowest BCUT2D eigenvalue weighted by molar-refractivity contribution is -0.116. The number of hydrogen-bond acceptors (Lipinski definition) is 6. The van der Waals surface area contributed by atoms with E-state index in [2.05, 4.69) is 15.5 Å². The van der Waals surface area contributed by atoms with Crippen molar-refractivity contribution in [2.75, 3.05) is 12.4 Å². The van der Waals surface area contributed by atoms with Crippen molar-refractivity contribution in [2.45, 2.75) is 12.8 Å². The van der Waals surface area contributed by atoms with Gasteiger partial charge in [-0.2, -0.15) is 11.3 Å². The maximum absolute atomic E-state index is 12.0. The first-order chi connectivity index (χ1) is 11.7. The molecular weight excluding hydrogens is 350 g/mol. The summed E-state index contributed by atoms with van der Waals surface area (Å²) in [5, 5.41) is 15.0. The number of rotatable bonds is 6. The molecule has 2 aromatic heterocycles. The quantitative estimate of drug-likeness (QED) is 0.715. The first-order valence-corrected chi connectivity index (χ1v) is 8.46. The molecule has 0 unspecified atom stereocenters. The second-order valence-electron chi connectivity index (χ2n) is 4.91. The van der Waals surface area contributed by atoms with Gasteiger partial charge in [-0.3, -0.25) is 4.79 Å². The van der Waals surface area contributed by atoms with Crippen molar-refractivity contribution in [1.82, 2.24) is 10.2 Å². The van der Waals surface area contributed by atoms with Crippen LogP contribution in [0.5, 0.6) is 5.75 Å². The van der Waals surface area contributed by atoms with Gasteiger partial charge >= 0.3 is 0 Å². The molecule has 6 nitrogen and oxygen atoms in total. The molecule has 0 radical (unpaired) electrons. The predicted molar refractivity (Wildman–Crippen MR) is 92.6 cm³/mol. The average molecular weight is 364 g/mol. The number of nitrogens with one attached hydrogen (secondary N) is 1. The minimum Gasteiger partial charge on any atom is -0.495 e. The summed E-state index contributed by atoms with van der Waals surface area (Å²) in [5.74, 6) is 1.29. The lowest BCUT2D eigenvalue weighted by Crippen LogP contribution is -2.12. The lowest BCUT2D eigenvalue weighted by atomic mass is 10.2. The smallest absolute Gasteiger partial charge is 0.248 e. The molecule has 0 spiro atoms. The molecule has 124 valence electrons. The van der Waals surface area contributed by atoms with Gasteiger partial charge in [0.25, 0.3) is 0 Å². The summed E-state index contributed by atoms with van der Waals surface area (Å²) in [6, 6.07) is 6.97. The number of halogens is 1. The van der Waals surface area contributed by atoms with Gasteiger partial charge in [-0.25, -0.2) is 0 Å². The van der Waals surface area contributed by atoms with E-state index >= 15 is 0 Å². The van der Waals surface area contributed by atoms with E-state index in [1.807, 2.05) is 16.8 Å². The molecule has 3 rings (SSSR count). The lowest BCUT2D eigenvalue weighted by Gasteiger charge is -2.07. The highest BCUT2D eigenvalue weighted by molar-refractivity contribution is 7.08. The molecule has 1 amide bonds. The highest BCUT2D eigenvalue weighted by atomic mass is 35.5. The largest absolute Gasteiger partial charge is 0.495 e. The van der Waals surface area contributed by atoms with Crippen LogP contribution in [0.1, 0.15) is 12.3 Å². The summed E-state index contributed by atoms with van der Waals surface area (Å²) in [6.07, 6.45) is 0.599. The highest BCUT2D eigenvalue weighted by Gasteiger charge is 2.11. The number of benzene rings is 1. The first-order valence-electron chi connectivity index (χ1n) is 7.14. The molecule has 0 aliphatic heterocycles. The fraction of sp³-hybridized carbons (Fsp3) is 0.188. The van der Waals surface area contributed by atoms with Crippen molar-refractivity contribution in [3.05, 3.63) is 45.9 Å². The van der Waals surface area contributed by atoms with E-state index in [1.165, 1.54) is 7.11 Å². The Morgan fingerprint density at radius 1 is 1.38 bits per heavy atom. The van der Waals surface area contributed by atoms with E-state index in [0.29, 0.717) is 34.7 Å². The molecular formula is C16H14ClN3O3S. The minimum atomic E-state index is -0.161. The van der Waals surface area contributed by atoms with Crippen molar-refractivity contribution in [3.8, 4) is 17.2 Å². The molecule has 24 heavy (non-hydrogen) atoms. The van der Waals surface area contributed by atoms with Gasteiger partial charge in [0, 0.05) is 29.5 Å². The van der Waals surface area contributed by atoms with Gasteiger partial charge in [0.05, 0.1) is 12.1 Å². The van der Waals surface area contributed by atoms with Crippen LogP contribution in [0.4, 0.5) is 5.69 Å². The standard InChI is InChI=1S/C16H14ClN3O3S/c1-22-13-3-2-11(8-12(13)17)18-14(21)4-5-15-19-20-16(23-15)10-6-7-24-9-10/h2-3,6-9H,4-5H2,1H3,(H,18,21). The molecule has 0 saturated heterocycles. The summed E-state index contributed by atoms with van der Waals surface area (Å²) < 4.78 is 10.6. The van der Waals surface area contributed by atoms with Crippen molar-refractivity contribution in [2.24, 2.45) is 0 Å². The number of ether oxygens (including phenoxy) is 1. The summed E-state index contributed by atoms with van der Waals surface area (Å²) in [5.41, 5.74) is 1.49. The van der Waals surface area contributed by atoms with Gasteiger partial charge in [-0.15, -0.1) is 10.2 Å². The Balaban J connectivity index is 1.55. The maximum atomic E-state index is 12.0. The maximum Gasteiger partial charge on any atom is 0.248 e. The molecule has 2 heterocycles. The van der Waals surface area contributed by atoms with E-state index in [0.717, 1.165) is 5.56 Å². The third-order valence-corrected chi connectivity index (χ3v) is 4.22. The van der Waals surface area contributed by atoms with Crippen LogP contribution < -0.4 is 10.1 Å². The van der Waals surface area contributed by atoms with Crippen molar-refractivity contribution in [1.29, 1.82) is 0 Å². The van der Waals surface area contributed by atoms with E-state index < -0.39 is 0 Å². The van der Waals surface area contributed by atoms with E-state index in [1.54, 1.807) is 29.5 Å². The Bertz CT molecular complexity index is 833. The van der Waals surface area contributed by atoms with E-state index in [4.69, 9.17) is 20.8 Å². The Labute approximate surface area is 147 Å². The normalized spacial score (nSPS) is 10.6. The molecule has 0 bridgehead atoms. The Morgan fingerprint density at radius 2 is 2.25 bits per heavy atom. The predicted octanol–water partition coefficient (Wildman–Crippen LogP) is 4.03. The number of thiophene rings is 1. The van der Waals surface area contributed by atoms with Gasteiger partial charge < -0.3 is 14.5 Å². The number of carbonyl (C=O) groups excluding carboxylic acids is 1. The third kappa shape index (κ3) is 3.93. The second-order valence-corrected chi connectivity index (χ2v) is 6.10. The van der Waals surface area contributed by atoms with Gasteiger partial charge in [-0.1, -0.05) is 11.6 Å². The van der Waals surface area contributed by atoms with Crippen LogP contribution in [0.3, 0.4) is 0 Å². The molecule has 0 aliphatic carbocycles. The van der Waals surface area contributed by atoms with Gasteiger partial charge in [0.2, 0.25) is 17.7 Å². The Morgan fingerprint density at radius 3 is 2.96 bits per heavy atom. The van der Waals surface area contributed by atoms with Crippen molar-refractivity contribution < 1.29 is 13.9 Å². The SMILES string of the molecule is COc1ccc(NC(=O)CCc2nnc(-c3ccsc3)o2)cc1Cl. The van der Waals surface area contributed by atoms with Gasteiger partial charge in [-0.05, 0) is 29.6 Å². The summed E-state index contributed by atoms with van der Waals surface area (Å²) in [7, 11) is 1.54. The highest BCUT2D eigenvalue weighted by Crippen LogP contribution is 2.27. The zero-order chi connectivity index (χ0) is 16.9. The van der Waals surface area contributed by atoms with Crippen LogP contribution in [0.2, 0.25) is 5.02 Å². The number of hydrogen-bond donors (Lipinski definition) is 1. The topological polar surface area (TPSA) is 77.2 Å². The molecule has 0 fully saturated rings. The fourth-order valence-electron chi connectivity index (χ4n) is 2.05. The van der Waals surface area contributed by atoms with Crippen LogP contribution in [0, 0.1) is 0 Å². The first kappa shape index (κ1) is 16.5. The molecule has 8 heteroatoms. The Kier molecular flexibility index (Phi) is 5.12. The number of carbonyl (C=O) groups is 1. The molecule has 1 N–H and O–H groups in total. The number of nitrogens with zero attached hydrogens (tertiary/aromatic N) is 2. The van der Waals surface area contributed by atoms with E-state index in [-0.39, 0.29) is 12.3 Å². The number of aryl methyl sites for hydroxylation is 1. The third-order valence-electron chi connectivity index (χ3n) is 3.24. The molecule has 0 saturated carbocycles. The number of amides is 1. The van der Waals surface area contributed by atoms with Crippen LogP contribution in [-0.2, 0) is 11.2 Å². The van der Waals surface area contributed by atoms with Crippen LogP contribution in [0.15, 0.2) is 39.4 Å². The van der Waals surface area contributed by atoms with Crippen LogP contribution in [0.25, 0.3) is 11.5 Å². The van der Waals surface area contributed by atoms with Crippen molar-refractivity contribution >= 4 is 34.5 Å². The fourth-order valence-corrected chi connectivity index (χ4v) is 2.93. The average Bonchev–Trinajstić information content (AvgIpc) is 3.24. The number of methoxy groups -OCH3 is 1. The van der Waals surface area contributed by atoms with E-state index in [9.17, 15) is 4.79 Å². The van der Waals surface area contributed by atoms with Crippen LogP contribution in [-0.4, -0.2) is 23.2 Å². The summed E-state index contributed by atoms with van der Waals surface area (Å²) in [4.78, 5) is 12.0. The second kappa shape index (κ2) is 7.46. The number of anilines is 1. The number of aromatic nitrogens is 2. The molecule has 1 aromatic carbocycles. The molecule has 3 aromatic rings. The van der Waals surface area contributed by atoms with Crippen molar-refractivity contribution in [3.63, 3.8) is 0 Å².